The first-order valence-electron chi connectivity index (χ1n) is 8.03. The Morgan fingerprint density at radius 2 is 1.95 bits per heavy atom. The summed E-state index contributed by atoms with van der Waals surface area (Å²) in [6.45, 7) is 7.73. The molecule has 2 aliphatic rings. The molecule has 1 heterocycles. The minimum atomic E-state index is -0.812. The normalized spacial score (nSPS) is 27.5. The Hall–Kier alpha value is -1.26. The molecule has 0 aromatic heterocycles. The van der Waals surface area contributed by atoms with Gasteiger partial charge in [-0.15, -0.1) is 0 Å². The molecule has 2 amide bonds. The van der Waals surface area contributed by atoms with Crippen molar-refractivity contribution in [1.82, 2.24) is 10.2 Å². The van der Waals surface area contributed by atoms with Crippen molar-refractivity contribution in [2.45, 2.75) is 52.9 Å². The second-order valence-corrected chi connectivity index (χ2v) is 7.65. The maximum atomic E-state index is 12.3. The lowest BCUT2D eigenvalue weighted by atomic mass is 9.64. The van der Waals surface area contributed by atoms with Crippen LogP contribution in [0.1, 0.15) is 52.9 Å². The molecule has 2 fully saturated rings. The van der Waals surface area contributed by atoms with Gasteiger partial charge in [0.2, 0.25) is 0 Å². The molecule has 1 saturated heterocycles. The van der Waals surface area contributed by atoms with Crippen molar-refractivity contribution < 1.29 is 14.7 Å². The highest BCUT2D eigenvalue weighted by molar-refractivity contribution is 5.79. The van der Waals surface area contributed by atoms with Crippen LogP contribution in [-0.4, -0.2) is 41.6 Å². The minimum Gasteiger partial charge on any atom is -0.481 e. The molecular formula is C16H28N2O3. The first kappa shape index (κ1) is 16.1. The molecule has 0 spiro atoms. The van der Waals surface area contributed by atoms with Gasteiger partial charge in [-0.2, -0.15) is 0 Å². The maximum absolute atomic E-state index is 12.3. The number of urea groups is 1. The standard InChI is InChI=1S/C16H28N2O3/c1-12(2)9-16(5-4-6-16)10-17-14(21)18-8-7-15(3,11-18)13(19)20/h12H,4-11H2,1-3H3,(H,17,21)(H,19,20). The molecule has 2 rings (SSSR count). The number of aliphatic carboxylic acids is 1. The molecule has 1 unspecified atom stereocenters. The molecule has 0 radical (unpaired) electrons. The summed E-state index contributed by atoms with van der Waals surface area (Å²) < 4.78 is 0. The number of hydrogen-bond donors (Lipinski definition) is 2. The van der Waals surface area contributed by atoms with Gasteiger partial charge in [-0.3, -0.25) is 4.79 Å². The lowest BCUT2D eigenvalue weighted by molar-refractivity contribution is -0.147. The summed E-state index contributed by atoms with van der Waals surface area (Å²) in [6, 6.07) is -0.102. The summed E-state index contributed by atoms with van der Waals surface area (Å²) in [6.07, 6.45) is 5.33. The van der Waals surface area contributed by atoms with Crippen molar-refractivity contribution in [3.63, 3.8) is 0 Å². The number of carboxylic acid groups (broad SMARTS) is 1. The average Bonchev–Trinajstić information content (AvgIpc) is 2.76. The Kier molecular flexibility index (Phi) is 4.49. The molecular weight excluding hydrogens is 268 g/mol. The van der Waals surface area contributed by atoms with E-state index in [2.05, 4.69) is 19.2 Å². The van der Waals surface area contributed by atoms with E-state index in [0.717, 1.165) is 13.0 Å². The van der Waals surface area contributed by atoms with Gasteiger partial charge in [-0.05, 0) is 43.9 Å². The number of carboxylic acids is 1. The van der Waals surface area contributed by atoms with Crippen molar-refractivity contribution >= 4 is 12.0 Å². The zero-order valence-corrected chi connectivity index (χ0v) is 13.4. The molecule has 5 nitrogen and oxygen atoms in total. The Labute approximate surface area is 127 Å². The zero-order valence-electron chi connectivity index (χ0n) is 13.4. The largest absolute Gasteiger partial charge is 0.481 e. The molecule has 120 valence electrons. The van der Waals surface area contributed by atoms with Gasteiger partial charge in [0, 0.05) is 19.6 Å². The molecule has 1 saturated carbocycles. The molecule has 1 atom stereocenters. The lowest BCUT2D eigenvalue weighted by Crippen LogP contribution is -2.47. The second-order valence-electron chi connectivity index (χ2n) is 7.65. The van der Waals surface area contributed by atoms with Crippen LogP contribution < -0.4 is 5.32 Å². The van der Waals surface area contributed by atoms with E-state index in [1.54, 1.807) is 11.8 Å². The number of amides is 2. The van der Waals surface area contributed by atoms with E-state index >= 15 is 0 Å². The molecule has 0 bridgehead atoms. The zero-order chi connectivity index (χ0) is 15.7. The summed E-state index contributed by atoms with van der Waals surface area (Å²) >= 11 is 0. The Morgan fingerprint density at radius 1 is 1.29 bits per heavy atom. The highest BCUT2D eigenvalue weighted by Gasteiger charge is 2.43. The van der Waals surface area contributed by atoms with E-state index in [1.807, 2.05) is 0 Å². The number of nitrogens with one attached hydrogen (secondary N) is 1. The Bertz CT molecular complexity index is 418. The van der Waals surface area contributed by atoms with Gasteiger partial charge >= 0.3 is 12.0 Å². The summed E-state index contributed by atoms with van der Waals surface area (Å²) in [5, 5.41) is 12.3. The van der Waals surface area contributed by atoms with E-state index in [9.17, 15) is 14.7 Å². The Morgan fingerprint density at radius 3 is 2.38 bits per heavy atom. The average molecular weight is 296 g/mol. The van der Waals surface area contributed by atoms with Crippen LogP contribution in [0.3, 0.4) is 0 Å². The Balaban J connectivity index is 1.84. The predicted octanol–water partition coefficient (Wildman–Crippen LogP) is 2.71. The number of hydrogen-bond acceptors (Lipinski definition) is 2. The first-order valence-corrected chi connectivity index (χ1v) is 8.03. The topological polar surface area (TPSA) is 69.6 Å². The van der Waals surface area contributed by atoms with E-state index in [-0.39, 0.29) is 11.4 Å². The highest BCUT2D eigenvalue weighted by Crippen LogP contribution is 2.45. The van der Waals surface area contributed by atoms with Crippen LogP contribution in [0.4, 0.5) is 4.79 Å². The smallest absolute Gasteiger partial charge is 0.317 e. The fourth-order valence-electron chi connectivity index (χ4n) is 3.68. The molecule has 1 aliphatic carbocycles. The summed E-state index contributed by atoms with van der Waals surface area (Å²) in [4.78, 5) is 25.1. The van der Waals surface area contributed by atoms with Gasteiger partial charge in [-0.1, -0.05) is 20.3 Å². The van der Waals surface area contributed by atoms with E-state index in [0.29, 0.717) is 25.4 Å². The van der Waals surface area contributed by atoms with Gasteiger partial charge < -0.3 is 15.3 Å². The third-order valence-electron chi connectivity index (χ3n) is 5.15. The van der Waals surface area contributed by atoms with Gasteiger partial charge in [0.05, 0.1) is 5.41 Å². The third kappa shape index (κ3) is 3.50. The van der Waals surface area contributed by atoms with E-state index < -0.39 is 11.4 Å². The molecule has 1 aliphatic heterocycles. The van der Waals surface area contributed by atoms with E-state index in [1.165, 1.54) is 19.3 Å². The quantitative estimate of drug-likeness (QED) is 0.819. The molecule has 5 heteroatoms. The number of rotatable bonds is 5. The second kappa shape index (κ2) is 5.85. The predicted molar refractivity (Wildman–Crippen MR) is 81.1 cm³/mol. The van der Waals surface area contributed by atoms with Crippen molar-refractivity contribution in [2.75, 3.05) is 19.6 Å². The van der Waals surface area contributed by atoms with Crippen molar-refractivity contribution in [1.29, 1.82) is 0 Å². The summed E-state index contributed by atoms with van der Waals surface area (Å²) in [5.74, 6) is -0.169. The molecule has 2 N–H and O–H groups in total. The number of carbonyl (C=O) groups excluding carboxylic acids is 1. The molecule has 0 aromatic carbocycles. The van der Waals surface area contributed by atoms with Crippen LogP contribution in [0.25, 0.3) is 0 Å². The van der Waals surface area contributed by atoms with Crippen molar-refractivity contribution in [2.24, 2.45) is 16.7 Å². The summed E-state index contributed by atoms with van der Waals surface area (Å²) in [5.41, 5.74) is -0.511. The first-order chi connectivity index (χ1) is 9.76. The van der Waals surface area contributed by atoms with Gasteiger partial charge in [0.15, 0.2) is 0 Å². The van der Waals surface area contributed by atoms with Gasteiger partial charge in [0.25, 0.3) is 0 Å². The van der Waals surface area contributed by atoms with Crippen molar-refractivity contribution in [3.05, 3.63) is 0 Å². The SMILES string of the molecule is CC(C)CC1(CNC(=O)N2CCC(C)(C(=O)O)C2)CCC1. The van der Waals surface area contributed by atoms with Gasteiger partial charge in [-0.25, -0.2) is 4.79 Å². The van der Waals surface area contributed by atoms with Crippen molar-refractivity contribution in [3.8, 4) is 0 Å². The van der Waals surface area contributed by atoms with Crippen LogP contribution >= 0.6 is 0 Å². The van der Waals surface area contributed by atoms with Crippen LogP contribution in [0, 0.1) is 16.7 Å². The maximum Gasteiger partial charge on any atom is 0.317 e. The monoisotopic (exact) mass is 296 g/mol. The fraction of sp³-hybridized carbons (Fsp3) is 0.875. The van der Waals surface area contributed by atoms with Crippen LogP contribution in [-0.2, 0) is 4.79 Å². The van der Waals surface area contributed by atoms with Crippen LogP contribution in [0.5, 0.6) is 0 Å². The molecule has 0 aromatic rings. The fourth-order valence-corrected chi connectivity index (χ4v) is 3.68. The lowest BCUT2D eigenvalue weighted by Gasteiger charge is -2.43. The van der Waals surface area contributed by atoms with Gasteiger partial charge in [0.1, 0.15) is 0 Å². The summed E-state index contributed by atoms with van der Waals surface area (Å²) in [7, 11) is 0. The van der Waals surface area contributed by atoms with Crippen LogP contribution in [0.15, 0.2) is 0 Å². The van der Waals surface area contributed by atoms with Crippen LogP contribution in [0.2, 0.25) is 0 Å². The number of likely N-dealkylation sites (tertiary alicyclic amines) is 1. The molecule has 21 heavy (non-hydrogen) atoms. The minimum absolute atomic E-state index is 0.102. The number of nitrogens with zero attached hydrogens (tertiary/aromatic N) is 1. The third-order valence-corrected chi connectivity index (χ3v) is 5.15. The van der Waals surface area contributed by atoms with E-state index in [4.69, 9.17) is 0 Å². The highest BCUT2D eigenvalue weighted by atomic mass is 16.4. The number of carbonyl (C=O) groups is 2.